The molecule has 0 aromatic carbocycles. The summed E-state index contributed by atoms with van der Waals surface area (Å²) in [7, 11) is 1.30. The van der Waals surface area contributed by atoms with Crippen LogP contribution in [-0.2, 0) is 18.4 Å². The molecule has 0 saturated heterocycles. The van der Waals surface area contributed by atoms with E-state index in [0.29, 0.717) is 23.9 Å². The fourth-order valence-electron chi connectivity index (χ4n) is 6.80. The van der Waals surface area contributed by atoms with Gasteiger partial charge < -0.3 is 28.8 Å². The number of hydrogen-bond donors (Lipinski definition) is 2. The van der Waals surface area contributed by atoms with E-state index in [1.807, 2.05) is 21.1 Å². The monoisotopic (exact) mass is 787 g/mol. The summed E-state index contributed by atoms with van der Waals surface area (Å²) in [6, 6.07) is -0.810. The Kier molecular flexibility index (Phi) is 37.3. The third-order valence-electron chi connectivity index (χ3n) is 10.5. The lowest BCUT2D eigenvalue weighted by molar-refractivity contribution is -0.870. The summed E-state index contributed by atoms with van der Waals surface area (Å²) in [6.07, 6.45) is 42.1. The Morgan fingerprint density at radius 3 is 1.44 bits per heavy atom. The van der Waals surface area contributed by atoms with Gasteiger partial charge in [-0.2, -0.15) is 0 Å². The summed E-state index contributed by atoms with van der Waals surface area (Å²) in [6.45, 7) is 4.71. The minimum atomic E-state index is -4.57. The largest absolute Gasteiger partial charge is 0.756 e. The normalized spacial score (nSPS) is 14.4. The molecule has 0 aliphatic heterocycles. The predicted octanol–water partition coefficient (Wildman–Crippen LogP) is 12.1. The molecule has 0 saturated carbocycles. The summed E-state index contributed by atoms with van der Waals surface area (Å²) in [5.41, 5.74) is 0. The highest BCUT2D eigenvalue weighted by molar-refractivity contribution is 7.45. The Morgan fingerprint density at radius 2 is 1.02 bits per heavy atom. The van der Waals surface area contributed by atoms with E-state index in [4.69, 9.17) is 9.05 Å². The van der Waals surface area contributed by atoms with Crippen molar-refractivity contribution in [2.24, 2.45) is 0 Å². The van der Waals surface area contributed by atoms with Gasteiger partial charge in [-0.05, 0) is 38.5 Å². The zero-order chi connectivity index (χ0) is 40.0. The number of nitrogens with one attached hydrogen (secondary N) is 1. The number of nitrogens with zero attached hydrogens (tertiary/aromatic N) is 1. The quantitative estimate of drug-likeness (QED) is 0.0276. The Bertz CT molecular complexity index is 896. The molecule has 9 heteroatoms. The molecule has 8 nitrogen and oxygen atoms in total. The predicted molar refractivity (Wildman–Crippen MR) is 229 cm³/mol. The van der Waals surface area contributed by atoms with E-state index in [0.717, 1.165) is 44.9 Å². The number of phosphoric ester groups is 1. The fourth-order valence-corrected chi connectivity index (χ4v) is 7.52. The molecule has 54 heavy (non-hydrogen) atoms. The highest BCUT2D eigenvalue weighted by Gasteiger charge is 2.24. The number of rotatable bonds is 42. The summed E-state index contributed by atoms with van der Waals surface area (Å²) in [4.78, 5) is 25.3. The van der Waals surface area contributed by atoms with Gasteiger partial charge in [0.15, 0.2) is 0 Å². The van der Waals surface area contributed by atoms with Gasteiger partial charge >= 0.3 is 0 Å². The molecule has 322 valence electrons. The highest BCUT2D eigenvalue weighted by atomic mass is 31.2. The smallest absolute Gasteiger partial charge is 0.268 e. The summed E-state index contributed by atoms with van der Waals surface area (Å²) in [5, 5.41) is 13.9. The first-order chi connectivity index (χ1) is 26.0. The first-order valence-electron chi connectivity index (χ1n) is 23.0. The van der Waals surface area contributed by atoms with Crippen LogP contribution in [-0.4, -0.2) is 68.5 Å². The van der Waals surface area contributed by atoms with Crippen molar-refractivity contribution in [1.82, 2.24) is 5.32 Å². The Morgan fingerprint density at radius 1 is 0.630 bits per heavy atom. The van der Waals surface area contributed by atoms with Crippen molar-refractivity contribution in [2.75, 3.05) is 40.9 Å². The number of unbranched alkanes of at least 4 members (excludes halogenated alkanes) is 27. The van der Waals surface area contributed by atoms with Gasteiger partial charge in [0.2, 0.25) is 5.91 Å². The van der Waals surface area contributed by atoms with E-state index in [1.165, 1.54) is 148 Å². The van der Waals surface area contributed by atoms with E-state index in [2.05, 4.69) is 31.3 Å². The van der Waals surface area contributed by atoms with Crippen molar-refractivity contribution in [2.45, 2.75) is 231 Å². The Balaban J connectivity index is 4.36. The molecule has 0 radical (unpaired) electrons. The van der Waals surface area contributed by atoms with Crippen molar-refractivity contribution >= 4 is 13.7 Å². The molecule has 0 fully saturated rings. The number of likely N-dealkylation sites (N-methyl/N-ethyl adjacent to an activating group) is 1. The van der Waals surface area contributed by atoms with Crippen LogP contribution in [0.2, 0.25) is 0 Å². The van der Waals surface area contributed by atoms with Crippen LogP contribution in [0.5, 0.6) is 0 Å². The zero-order valence-electron chi connectivity index (χ0n) is 36.4. The lowest BCUT2D eigenvalue weighted by atomic mass is 10.0. The third-order valence-corrected chi connectivity index (χ3v) is 11.5. The molecule has 0 spiro atoms. The third kappa shape index (κ3) is 39.5. The van der Waals surface area contributed by atoms with Crippen molar-refractivity contribution in [3.63, 3.8) is 0 Å². The van der Waals surface area contributed by atoms with Crippen LogP contribution in [0.4, 0.5) is 0 Å². The van der Waals surface area contributed by atoms with E-state index >= 15 is 0 Å². The standard InChI is InChI=1S/C45H91N2O6P/c1-6-8-10-12-14-16-18-20-22-24-26-28-30-32-34-36-38-44(48)43(42-53-54(50,51)52-41-40-47(3,4)5)46-45(49)39-37-35-33-31-29-27-25-23-21-19-17-15-13-11-9-7-2/h28,30,43-44,48H,6-27,29,31-42H2,1-5H3,(H-,46,49,50,51)/b30-28+/t43-,44+/m0/s1. The number of allylic oxidation sites excluding steroid dienone is 2. The summed E-state index contributed by atoms with van der Waals surface area (Å²) < 4.78 is 23.3. The molecule has 1 amide bonds. The molecule has 1 unspecified atom stereocenters. The minimum absolute atomic E-state index is 0.00974. The zero-order valence-corrected chi connectivity index (χ0v) is 37.3. The highest BCUT2D eigenvalue weighted by Crippen LogP contribution is 2.38. The fraction of sp³-hybridized carbons (Fsp3) is 0.933. The average molecular weight is 787 g/mol. The van der Waals surface area contributed by atoms with Gasteiger partial charge in [-0.25, -0.2) is 0 Å². The van der Waals surface area contributed by atoms with E-state index in [-0.39, 0.29) is 19.1 Å². The van der Waals surface area contributed by atoms with E-state index < -0.39 is 20.0 Å². The SMILES string of the molecule is CCCCCCCCCCCC/C=C/CCCC[C@@H](O)[C@H](COP(=O)([O-])OCC[N+](C)(C)C)NC(=O)CCCCCCCCCCCCCCCCCC. The van der Waals surface area contributed by atoms with Gasteiger partial charge in [-0.3, -0.25) is 9.36 Å². The number of aliphatic hydroxyl groups excluding tert-OH is 1. The molecular weight excluding hydrogens is 695 g/mol. The van der Waals surface area contributed by atoms with Crippen molar-refractivity contribution in [3.8, 4) is 0 Å². The number of hydrogen-bond acceptors (Lipinski definition) is 6. The van der Waals surface area contributed by atoms with Gasteiger partial charge in [-0.15, -0.1) is 0 Å². The first kappa shape index (κ1) is 53.2. The van der Waals surface area contributed by atoms with Crippen LogP contribution in [0.3, 0.4) is 0 Å². The maximum atomic E-state index is 12.9. The lowest BCUT2D eigenvalue weighted by Gasteiger charge is -2.30. The van der Waals surface area contributed by atoms with Crippen molar-refractivity contribution < 1.29 is 32.9 Å². The number of carbonyl (C=O) groups is 1. The number of carbonyl (C=O) groups excluding carboxylic acids is 1. The molecule has 0 aliphatic rings. The van der Waals surface area contributed by atoms with Crippen molar-refractivity contribution in [3.05, 3.63) is 12.2 Å². The minimum Gasteiger partial charge on any atom is -0.756 e. The first-order valence-corrected chi connectivity index (χ1v) is 24.5. The van der Waals surface area contributed by atoms with E-state index in [1.54, 1.807) is 0 Å². The number of aliphatic hydroxyl groups is 1. The second-order valence-electron chi connectivity index (χ2n) is 17.1. The molecule has 0 aliphatic carbocycles. The molecule has 2 N–H and O–H groups in total. The topological polar surface area (TPSA) is 108 Å². The molecule has 0 rings (SSSR count). The molecular formula is C45H91N2O6P. The maximum Gasteiger partial charge on any atom is 0.268 e. The Labute approximate surface area is 335 Å². The van der Waals surface area contributed by atoms with Crippen molar-refractivity contribution in [1.29, 1.82) is 0 Å². The summed E-state index contributed by atoms with van der Waals surface area (Å²) >= 11 is 0. The van der Waals surface area contributed by atoms with Gasteiger partial charge in [0.05, 0.1) is 39.9 Å². The number of quaternary nitrogens is 1. The number of phosphoric acid groups is 1. The van der Waals surface area contributed by atoms with Crippen LogP contribution in [0, 0.1) is 0 Å². The second-order valence-corrected chi connectivity index (χ2v) is 18.5. The molecule has 0 bridgehead atoms. The van der Waals surface area contributed by atoms with Crippen LogP contribution < -0.4 is 10.2 Å². The van der Waals surface area contributed by atoms with Gasteiger partial charge in [0.1, 0.15) is 13.2 Å². The average Bonchev–Trinajstić information content (AvgIpc) is 3.12. The van der Waals surface area contributed by atoms with Crippen LogP contribution in [0.25, 0.3) is 0 Å². The second kappa shape index (κ2) is 37.8. The van der Waals surface area contributed by atoms with E-state index in [9.17, 15) is 19.4 Å². The van der Waals surface area contributed by atoms with Crippen LogP contribution >= 0.6 is 7.82 Å². The van der Waals surface area contributed by atoms with Crippen LogP contribution in [0.15, 0.2) is 12.2 Å². The Hall–Kier alpha value is -0.760. The molecule has 0 aromatic rings. The summed E-state index contributed by atoms with van der Waals surface area (Å²) in [5.74, 6) is -0.172. The molecule has 3 atom stereocenters. The molecule has 0 aromatic heterocycles. The number of amides is 1. The van der Waals surface area contributed by atoms with Crippen LogP contribution in [0.1, 0.15) is 219 Å². The lowest BCUT2D eigenvalue weighted by Crippen LogP contribution is -2.46. The van der Waals surface area contributed by atoms with Gasteiger partial charge in [-0.1, -0.05) is 187 Å². The molecule has 0 heterocycles. The van der Waals surface area contributed by atoms with Gasteiger partial charge in [0.25, 0.3) is 7.82 Å². The van der Waals surface area contributed by atoms with Gasteiger partial charge in [0, 0.05) is 6.42 Å². The maximum absolute atomic E-state index is 12.9.